The van der Waals surface area contributed by atoms with Gasteiger partial charge in [-0.15, -0.1) is 0 Å². The molecule has 0 aliphatic carbocycles. The fourth-order valence-electron chi connectivity index (χ4n) is 1.86. The van der Waals surface area contributed by atoms with E-state index in [9.17, 15) is 9.59 Å². The second-order valence-electron chi connectivity index (χ2n) is 4.49. The first-order chi connectivity index (χ1) is 10.1. The van der Waals surface area contributed by atoms with Crippen LogP contribution in [0, 0.1) is 0 Å². The summed E-state index contributed by atoms with van der Waals surface area (Å²) in [4.78, 5) is 23.2. The fourth-order valence-corrected chi connectivity index (χ4v) is 2.18. The average molecular weight is 347 g/mol. The molecule has 0 saturated carbocycles. The van der Waals surface area contributed by atoms with Gasteiger partial charge < -0.3 is 4.74 Å². The van der Waals surface area contributed by atoms with E-state index >= 15 is 0 Å². The largest absolute Gasteiger partial charge is 0.457 e. The van der Waals surface area contributed by atoms with Gasteiger partial charge in [-0.2, -0.15) is 0 Å². The number of ether oxygens (including phenoxy) is 1. The molecule has 0 amide bonds. The Morgan fingerprint density at radius 3 is 2.29 bits per heavy atom. The zero-order valence-corrected chi connectivity index (χ0v) is 13.2. The quantitative estimate of drug-likeness (QED) is 0.564. The summed E-state index contributed by atoms with van der Waals surface area (Å²) >= 11 is 3.14. The minimum Gasteiger partial charge on any atom is -0.457 e. The van der Waals surface area contributed by atoms with Gasteiger partial charge in [0.1, 0.15) is 11.5 Å². The van der Waals surface area contributed by atoms with Crippen LogP contribution in [0.2, 0.25) is 0 Å². The second kappa shape index (κ2) is 7.18. The summed E-state index contributed by atoms with van der Waals surface area (Å²) in [7, 11) is 0. The molecule has 0 unspecified atom stereocenters. The summed E-state index contributed by atoms with van der Waals surface area (Å²) < 4.78 is 5.71. The molecule has 2 rings (SSSR count). The average Bonchev–Trinajstić information content (AvgIpc) is 2.54. The molecule has 0 fully saturated rings. The lowest BCUT2D eigenvalue weighted by Crippen LogP contribution is -1.99. The summed E-state index contributed by atoms with van der Waals surface area (Å²) in [6, 6.07) is 14.0. The van der Waals surface area contributed by atoms with Crippen LogP contribution in [0.15, 0.2) is 48.5 Å². The van der Waals surface area contributed by atoms with Gasteiger partial charge in [-0.3, -0.25) is 9.59 Å². The molecule has 0 aliphatic heterocycles. The monoisotopic (exact) mass is 346 g/mol. The first kappa shape index (κ1) is 15.4. The normalized spacial score (nSPS) is 10.2. The summed E-state index contributed by atoms with van der Waals surface area (Å²) in [5.41, 5.74) is 1.27. The third kappa shape index (κ3) is 4.02. The standard InChI is InChI=1S/C17H15BrO3/c1-2-16(19)13-4-3-5-15(10-13)21-14-8-6-12(7-9-14)17(20)11-18/h3-10H,2,11H2,1H3. The number of ketones is 2. The van der Waals surface area contributed by atoms with Crippen molar-refractivity contribution in [2.45, 2.75) is 13.3 Å². The number of Topliss-reactive ketones (excluding diaryl/α,β-unsaturated/α-hetero) is 2. The number of hydrogen-bond acceptors (Lipinski definition) is 3. The molecular formula is C17H15BrO3. The molecular weight excluding hydrogens is 332 g/mol. The maximum Gasteiger partial charge on any atom is 0.173 e. The van der Waals surface area contributed by atoms with Crippen LogP contribution in [-0.4, -0.2) is 16.9 Å². The zero-order chi connectivity index (χ0) is 15.2. The maximum atomic E-state index is 11.7. The van der Waals surface area contributed by atoms with Gasteiger partial charge in [-0.1, -0.05) is 35.0 Å². The van der Waals surface area contributed by atoms with E-state index in [0.717, 1.165) is 0 Å². The third-order valence-corrected chi connectivity index (χ3v) is 3.52. The number of benzene rings is 2. The first-order valence-electron chi connectivity index (χ1n) is 6.64. The Bertz CT molecular complexity index is 647. The summed E-state index contributed by atoms with van der Waals surface area (Å²) in [5.74, 6) is 1.34. The molecule has 4 heteroatoms. The Kier molecular flexibility index (Phi) is 5.28. The minimum absolute atomic E-state index is 0.0251. The Hall–Kier alpha value is -1.94. The molecule has 0 heterocycles. The van der Waals surface area contributed by atoms with Crippen LogP contribution in [0.25, 0.3) is 0 Å². The van der Waals surface area contributed by atoms with Crippen molar-refractivity contribution in [2.75, 3.05) is 5.33 Å². The lowest BCUT2D eigenvalue weighted by atomic mass is 10.1. The maximum absolute atomic E-state index is 11.7. The fraction of sp³-hybridized carbons (Fsp3) is 0.176. The van der Waals surface area contributed by atoms with Crippen molar-refractivity contribution in [1.82, 2.24) is 0 Å². The van der Waals surface area contributed by atoms with Gasteiger partial charge in [0.05, 0.1) is 5.33 Å². The van der Waals surface area contributed by atoms with Crippen LogP contribution in [0.1, 0.15) is 34.1 Å². The van der Waals surface area contributed by atoms with E-state index in [1.54, 1.807) is 48.5 Å². The third-order valence-electron chi connectivity index (χ3n) is 3.01. The smallest absolute Gasteiger partial charge is 0.173 e. The first-order valence-corrected chi connectivity index (χ1v) is 7.76. The Morgan fingerprint density at radius 2 is 1.67 bits per heavy atom. The van der Waals surface area contributed by atoms with Gasteiger partial charge in [0.25, 0.3) is 0 Å². The van der Waals surface area contributed by atoms with Crippen molar-refractivity contribution in [2.24, 2.45) is 0 Å². The van der Waals surface area contributed by atoms with Gasteiger partial charge >= 0.3 is 0 Å². The van der Waals surface area contributed by atoms with Crippen molar-refractivity contribution < 1.29 is 14.3 Å². The lowest BCUT2D eigenvalue weighted by Gasteiger charge is -2.07. The molecule has 0 radical (unpaired) electrons. The number of carbonyl (C=O) groups is 2. The van der Waals surface area contributed by atoms with Crippen LogP contribution in [0.5, 0.6) is 11.5 Å². The molecule has 21 heavy (non-hydrogen) atoms. The molecule has 2 aromatic rings. The highest BCUT2D eigenvalue weighted by Crippen LogP contribution is 2.23. The summed E-state index contributed by atoms with van der Waals surface area (Å²) in [5, 5.41) is 0.300. The van der Waals surface area contributed by atoms with Crippen molar-refractivity contribution in [3.63, 3.8) is 0 Å². The molecule has 108 valence electrons. The number of halogens is 1. The molecule has 2 aromatic carbocycles. The van der Waals surface area contributed by atoms with Gasteiger partial charge in [0.2, 0.25) is 0 Å². The highest BCUT2D eigenvalue weighted by Gasteiger charge is 2.06. The van der Waals surface area contributed by atoms with Crippen molar-refractivity contribution in [3.05, 3.63) is 59.7 Å². The van der Waals surface area contributed by atoms with Gasteiger partial charge in [-0.25, -0.2) is 0 Å². The molecule has 0 atom stereocenters. The van der Waals surface area contributed by atoms with Crippen LogP contribution in [0.3, 0.4) is 0 Å². The SMILES string of the molecule is CCC(=O)c1cccc(Oc2ccc(C(=O)CBr)cc2)c1. The number of rotatable bonds is 6. The molecule has 0 saturated heterocycles. The summed E-state index contributed by atoms with van der Waals surface area (Å²) in [6.45, 7) is 1.83. The Balaban J connectivity index is 2.15. The molecule has 0 spiro atoms. The highest BCUT2D eigenvalue weighted by atomic mass is 79.9. The predicted octanol–water partition coefficient (Wildman–Crippen LogP) is 4.65. The van der Waals surface area contributed by atoms with Gasteiger partial charge in [0, 0.05) is 17.5 Å². The van der Waals surface area contributed by atoms with Gasteiger partial charge in [0.15, 0.2) is 11.6 Å². The zero-order valence-electron chi connectivity index (χ0n) is 11.6. The predicted molar refractivity (Wildman–Crippen MR) is 85.7 cm³/mol. The van der Waals surface area contributed by atoms with Crippen molar-refractivity contribution in [3.8, 4) is 11.5 Å². The molecule has 0 aliphatic rings. The number of alkyl halides is 1. The minimum atomic E-state index is 0.0251. The van der Waals surface area contributed by atoms with E-state index in [1.165, 1.54) is 0 Å². The van der Waals surface area contributed by atoms with E-state index in [4.69, 9.17) is 4.74 Å². The Morgan fingerprint density at radius 1 is 0.952 bits per heavy atom. The lowest BCUT2D eigenvalue weighted by molar-refractivity contribution is 0.0986. The van der Waals surface area contributed by atoms with E-state index in [1.807, 2.05) is 6.92 Å². The van der Waals surface area contributed by atoms with Crippen molar-refractivity contribution >= 4 is 27.5 Å². The van der Waals surface area contributed by atoms with E-state index in [0.29, 0.717) is 34.4 Å². The van der Waals surface area contributed by atoms with E-state index in [-0.39, 0.29) is 11.6 Å². The highest BCUT2D eigenvalue weighted by molar-refractivity contribution is 9.09. The molecule has 0 bridgehead atoms. The van der Waals surface area contributed by atoms with Crippen LogP contribution in [-0.2, 0) is 0 Å². The van der Waals surface area contributed by atoms with E-state index in [2.05, 4.69) is 15.9 Å². The van der Waals surface area contributed by atoms with Crippen LogP contribution >= 0.6 is 15.9 Å². The number of carbonyl (C=O) groups excluding carboxylic acids is 2. The number of hydrogen-bond donors (Lipinski definition) is 0. The second-order valence-corrected chi connectivity index (χ2v) is 5.05. The Labute approximate surface area is 132 Å². The summed E-state index contributed by atoms with van der Waals surface area (Å²) in [6.07, 6.45) is 0.465. The molecule has 0 N–H and O–H groups in total. The van der Waals surface area contributed by atoms with E-state index < -0.39 is 0 Å². The van der Waals surface area contributed by atoms with Crippen LogP contribution < -0.4 is 4.74 Å². The van der Waals surface area contributed by atoms with Crippen LogP contribution in [0.4, 0.5) is 0 Å². The van der Waals surface area contributed by atoms with Gasteiger partial charge in [-0.05, 0) is 36.4 Å². The van der Waals surface area contributed by atoms with Crippen molar-refractivity contribution in [1.29, 1.82) is 0 Å². The topological polar surface area (TPSA) is 43.4 Å². The molecule has 3 nitrogen and oxygen atoms in total. The molecule has 0 aromatic heterocycles.